The standard InChI is InChI=1S/C93H122N18O21S/c1-48(2)36-63-80(119)102-67(39-55-26-30-58(31-27-55)57-22-16-13-17-23-57)87(126)109-78(51(7)8)93(132)110(11)53(10)92(131)111-35-34-73(111)90(129)105-69(42-74(94)114)84(123)100-64(37-49(3)4)86(125)108-77(50(5)6)91(130)106-71(45-112)88(127)107-72(89(128)97-52(9)79(95)118)46-133-47-75(115)98-65(38-54-20-14-12-15-21-54)81(120)101-66(40-56-28-32-60(113)33-29-56)82(121)104-70(43-76(116)117)85(124)103-68(83(122)99-63)41-59-44-96-62-25-19-18-24-61(59)62/h12-33,44,48-53,63-73,77-78,96,112-113H,34-43,45-47H2,1-11H3,(H2,94,114)(H2,95,118)(H,97,128)(H,98,115)(H,99,122)(H,100,123)(H,101,120)(H,102,119)(H,103,124)(H,104,121)(H,105,129)(H,106,130)(H,107,127)(H,108,125)(H,109,126)(H,116,117)/t52-,53-,63-,64-,65-,66-,67-,68-,69-,70-,71-,72-,73+,77-,78-/m0/s1. The zero-order valence-corrected chi connectivity index (χ0v) is 76.9. The monoisotopic (exact) mass is 1860 g/mol. The summed E-state index contributed by atoms with van der Waals surface area (Å²) in [5, 5.41) is 65.6. The predicted octanol–water partition coefficient (Wildman–Crippen LogP) is -0.440. The van der Waals surface area contributed by atoms with Gasteiger partial charge in [0, 0.05) is 62.1 Å². The number of aliphatic carboxylic acids is 1. The molecule has 0 saturated carbocycles. The molecule has 17 amide bonds. The molecule has 21 N–H and O–H groups in total. The fourth-order valence-electron chi connectivity index (χ4n) is 15.0. The van der Waals surface area contributed by atoms with E-state index in [2.05, 4.69) is 74.1 Å². The molecule has 2 aliphatic rings. The largest absolute Gasteiger partial charge is 0.508 e. The molecule has 5 aromatic carbocycles. The van der Waals surface area contributed by atoms with Gasteiger partial charge in [-0.2, -0.15) is 0 Å². The maximum absolute atomic E-state index is 15.5. The number of aliphatic hydroxyl groups is 1. The fraction of sp³-hybridized carbons (Fsp3) is 0.462. The van der Waals surface area contributed by atoms with Crippen molar-refractivity contribution in [2.24, 2.45) is 35.1 Å². The van der Waals surface area contributed by atoms with E-state index in [4.69, 9.17) is 11.5 Å². The summed E-state index contributed by atoms with van der Waals surface area (Å²) in [6, 6.07) is 12.9. The van der Waals surface area contributed by atoms with Crippen LogP contribution in [0.5, 0.6) is 5.75 Å². The molecule has 2 aliphatic heterocycles. The number of aromatic amines is 1. The maximum Gasteiger partial charge on any atom is 0.305 e. The lowest BCUT2D eigenvalue weighted by Crippen LogP contribution is -2.65. The topological polar surface area (TPSA) is 599 Å². The van der Waals surface area contributed by atoms with E-state index in [9.17, 15) is 68.1 Å². The molecule has 40 heteroatoms. The first-order valence-corrected chi connectivity index (χ1v) is 45.1. The zero-order valence-electron chi connectivity index (χ0n) is 76.1. The molecule has 0 spiro atoms. The molecular formula is C93H122N18O21S. The van der Waals surface area contributed by atoms with E-state index in [0.29, 0.717) is 44.9 Å². The summed E-state index contributed by atoms with van der Waals surface area (Å²) in [6.07, 6.45) is -1.89. The second-order valence-electron chi connectivity index (χ2n) is 34.8. The summed E-state index contributed by atoms with van der Waals surface area (Å²) >= 11 is 0.705. The highest BCUT2D eigenvalue weighted by molar-refractivity contribution is 8.00. The molecule has 0 aliphatic carbocycles. The summed E-state index contributed by atoms with van der Waals surface area (Å²) in [4.78, 5) is 265. The Morgan fingerprint density at radius 1 is 0.466 bits per heavy atom. The number of nitrogens with zero attached hydrogens (tertiary/aromatic N) is 2. The first-order chi connectivity index (χ1) is 63.0. The average molecular weight is 1860 g/mol. The SMILES string of the molecule is CC(C)C[C@@H]1NC(=O)[C@H](Cc2c[nH]c3ccccc23)NC(=O)[C@H](CC(=O)O)NC(=O)[C@H](Cc2ccc(O)cc2)NC(=O)[C@H](Cc2ccccc2)NC(=O)CSC[C@@H](C(=O)N[C@@H](C)C(N)=O)NC(=O)[C@H](CO)NC(=O)[C@H](C(C)C)NC(=O)[C@H](CC(C)C)NC(=O)[C@H](CC(N)=O)NC(=O)[C@H]2CCN2C(=O)[C@H](C)N(C)C(=O)[C@H](C(C)C)NC(=O)[C@H](Cc2ccc(-c3ccccc3)cc2)NC1=O. The number of primary amides is 2. The number of phenolic OH excluding ortho intramolecular Hbond substituents is 1. The van der Waals surface area contributed by atoms with Gasteiger partial charge in [0.2, 0.25) is 100 Å². The van der Waals surface area contributed by atoms with E-state index in [1.54, 1.807) is 114 Å². The number of benzene rings is 5. The highest BCUT2D eigenvalue weighted by Crippen LogP contribution is 2.26. The molecule has 2 fully saturated rings. The lowest BCUT2D eigenvalue weighted by atomic mass is 9.97. The molecule has 0 bridgehead atoms. The Balaban J connectivity index is 1.19. The molecular weight excluding hydrogens is 1740 g/mol. The van der Waals surface area contributed by atoms with Crippen molar-refractivity contribution in [2.75, 3.05) is 31.7 Å². The Kier molecular flexibility index (Phi) is 38.9. The molecule has 8 rings (SSSR count). The minimum absolute atomic E-state index is 0.0196. The second-order valence-corrected chi connectivity index (χ2v) is 35.9. The van der Waals surface area contributed by atoms with Crippen LogP contribution >= 0.6 is 11.8 Å². The zero-order chi connectivity index (χ0) is 97.8. The van der Waals surface area contributed by atoms with Crippen LogP contribution in [0.1, 0.15) is 124 Å². The summed E-state index contributed by atoms with van der Waals surface area (Å²) in [6.45, 7) is 14.6. The highest BCUT2D eigenvalue weighted by Gasteiger charge is 2.45. The number of hydrogen-bond acceptors (Lipinski definition) is 21. The van der Waals surface area contributed by atoms with Crippen LogP contribution in [0.2, 0.25) is 0 Å². The van der Waals surface area contributed by atoms with Crippen molar-refractivity contribution >= 4 is 129 Å². The molecule has 15 atom stereocenters. The van der Waals surface area contributed by atoms with Crippen molar-refractivity contribution < 1.29 is 102 Å². The van der Waals surface area contributed by atoms with E-state index in [1.807, 2.05) is 42.5 Å². The van der Waals surface area contributed by atoms with Gasteiger partial charge >= 0.3 is 5.97 Å². The molecule has 39 nitrogen and oxygen atoms in total. The number of amides is 17. The molecule has 1 aromatic heterocycles. The molecule has 133 heavy (non-hydrogen) atoms. The van der Waals surface area contributed by atoms with Crippen molar-refractivity contribution in [3.8, 4) is 16.9 Å². The number of H-pyrrole nitrogens is 1. The van der Waals surface area contributed by atoms with Crippen molar-refractivity contribution in [2.45, 2.75) is 218 Å². The van der Waals surface area contributed by atoms with Gasteiger partial charge in [-0.05, 0) is 108 Å². The van der Waals surface area contributed by atoms with Crippen molar-refractivity contribution in [1.82, 2.24) is 83.9 Å². The van der Waals surface area contributed by atoms with E-state index in [-0.39, 0.29) is 56.7 Å². The fourth-order valence-corrected chi connectivity index (χ4v) is 15.8. The second kappa shape index (κ2) is 49.5. The normalized spacial score (nSPS) is 23.9. The van der Waals surface area contributed by atoms with Gasteiger partial charge in [-0.3, -0.25) is 86.3 Å². The Morgan fingerprint density at radius 2 is 0.895 bits per heavy atom. The highest BCUT2D eigenvalue weighted by atomic mass is 32.2. The first kappa shape index (κ1) is 105. The lowest BCUT2D eigenvalue weighted by molar-refractivity contribution is -0.155. The number of aromatic hydroxyl groups is 1. The van der Waals surface area contributed by atoms with Gasteiger partial charge in [0.25, 0.3) is 0 Å². The predicted molar refractivity (Wildman–Crippen MR) is 491 cm³/mol. The number of hydrogen-bond donors (Lipinski definition) is 19. The minimum atomic E-state index is -2.06. The van der Waals surface area contributed by atoms with Crippen LogP contribution in [0.4, 0.5) is 0 Å². The molecule has 0 unspecified atom stereocenters. The molecule has 6 aromatic rings. The van der Waals surface area contributed by atoms with E-state index in [1.165, 1.54) is 59.0 Å². The number of aromatic nitrogens is 1. The number of aliphatic hydroxyl groups excluding tert-OH is 1. The van der Waals surface area contributed by atoms with E-state index < -0.39 is 252 Å². The van der Waals surface area contributed by atoms with Gasteiger partial charge in [0.1, 0.15) is 96.4 Å². The Hall–Kier alpha value is -13.8. The summed E-state index contributed by atoms with van der Waals surface area (Å²) < 4.78 is 0. The van der Waals surface area contributed by atoms with E-state index >= 15 is 33.6 Å². The summed E-state index contributed by atoms with van der Waals surface area (Å²) in [5.74, 6) is -22.4. The van der Waals surface area contributed by atoms with Crippen LogP contribution in [0.3, 0.4) is 0 Å². The van der Waals surface area contributed by atoms with Crippen LogP contribution < -0.4 is 80.6 Å². The van der Waals surface area contributed by atoms with Gasteiger partial charge in [-0.15, -0.1) is 11.8 Å². The lowest BCUT2D eigenvalue weighted by Gasteiger charge is -2.43. The number of carboxylic acid groups (broad SMARTS) is 1. The van der Waals surface area contributed by atoms with Crippen LogP contribution in [-0.2, 0) is 112 Å². The molecule has 3 heterocycles. The third-order valence-electron chi connectivity index (χ3n) is 22.7. The van der Waals surface area contributed by atoms with Crippen LogP contribution in [0, 0.1) is 23.7 Å². The van der Waals surface area contributed by atoms with Crippen LogP contribution in [-0.4, -0.2) is 259 Å². The third-order valence-corrected chi connectivity index (χ3v) is 23.7. The van der Waals surface area contributed by atoms with Crippen molar-refractivity contribution in [3.63, 3.8) is 0 Å². The summed E-state index contributed by atoms with van der Waals surface area (Å²) in [7, 11) is 1.30. The van der Waals surface area contributed by atoms with Crippen molar-refractivity contribution in [3.05, 3.63) is 162 Å². The Morgan fingerprint density at radius 3 is 1.41 bits per heavy atom. The number of carbonyl (C=O) groups excluding carboxylic acids is 17. The molecule has 2 saturated heterocycles. The van der Waals surface area contributed by atoms with Crippen LogP contribution in [0.25, 0.3) is 22.0 Å². The average Bonchev–Trinajstić information content (AvgIpc) is 0.984. The van der Waals surface area contributed by atoms with Gasteiger partial charge in [0.15, 0.2) is 0 Å². The molecule has 0 radical (unpaired) electrons. The van der Waals surface area contributed by atoms with Gasteiger partial charge in [-0.25, -0.2) is 0 Å². The molecule has 716 valence electrons. The number of carbonyl (C=O) groups is 18. The quantitative estimate of drug-likeness (QED) is 0.0387. The number of carboxylic acids is 1. The van der Waals surface area contributed by atoms with Gasteiger partial charge in [-0.1, -0.05) is 171 Å². The number of likely N-dealkylation sites (N-methyl/N-ethyl adjacent to an activating group) is 1. The van der Waals surface area contributed by atoms with Crippen LogP contribution in [0.15, 0.2) is 140 Å². The van der Waals surface area contributed by atoms with Gasteiger partial charge in [0.05, 0.1) is 25.2 Å². The number of nitrogens with two attached hydrogens (primary N) is 2. The minimum Gasteiger partial charge on any atom is -0.508 e. The number of nitrogens with one attached hydrogen (secondary N) is 14. The number of phenols is 1. The number of rotatable bonds is 23. The van der Waals surface area contributed by atoms with Gasteiger partial charge < -0.3 is 111 Å². The number of para-hydroxylation sites is 1. The smallest absolute Gasteiger partial charge is 0.305 e. The van der Waals surface area contributed by atoms with E-state index in [0.717, 1.165) is 20.9 Å². The Labute approximate surface area is 774 Å². The van der Waals surface area contributed by atoms with Crippen molar-refractivity contribution in [1.29, 1.82) is 0 Å². The third kappa shape index (κ3) is 30.9. The number of thioether (sulfide) groups is 1. The maximum atomic E-state index is 15.5. The Bertz CT molecular complexity index is 5160. The first-order valence-electron chi connectivity index (χ1n) is 44.0. The number of fused-ring (bicyclic) bond motifs is 2. The summed E-state index contributed by atoms with van der Waals surface area (Å²) in [5.41, 5.74) is 15.1.